The summed E-state index contributed by atoms with van der Waals surface area (Å²) in [6, 6.07) is 0.446. The van der Waals surface area contributed by atoms with Gasteiger partial charge in [0.25, 0.3) is 0 Å². The van der Waals surface area contributed by atoms with E-state index in [4.69, 9.17) is 5.73 Å². The van der Waals surface area contributed by atoms with Crippen LogP contribution in [0, 0.1) is 11.3 Å². The fourth-order valence-electron chi connectivity index (χ4n) is 2.15. The minimum atomic E-state index is -0.261. The number of amides is 1. The molecule has 15 heavy (non-hydrogen) atoms. The van der Waals surface area contributed by atoms with E-state index in [1.54, 1.807) is 0 Å². The predicted molar refractivity (Wildman–Crippen MR) is 62.4 cm³/mol. The van der Waals surface area contributed by atoms with Crippen molar-refractivity contribution in [2.24, 2.45) is 17.1 Å². The molecule has 0 bridgehead atoms. The Morgan fingerprint density at radius 3 is 2.27 bits per heavy atom. The lowest BCUT2D eigenvalue weighted by Gasteiger charge is -2.28. The first kappa shape index (κ1) is 12.5. The Morgan fingerprint density at radius 2 is 1.87 bits per heavy atom. The number of carbonyl (C=O) groups is 1. The van der Waals surface area contributed by atoms with Gasteiger partial charge in [0.05, 0.1) is 5.41 Å². The highest BCUT2D eigenvalue weighted by atomic mass is 16.1. The second kappa shape index (κ2) is 4.97. The summed E-state index contributed by atoms with van der Waals surface area (Å²) in [6.45, 7) is 7.28. The topological polar surface area (TPSA) is 55.1 Å². The average molecular weight is 212 g/mol. The largest absolute Gasteiger partial charge is 0.369 e. The zero-order chi connectivity index (χ0) is 11.5. The van der Waals surface area contributed by atoms with E-state index in [0.29, 0.717) is 12.0 Å². The van der Waals surface area contributed by atoms with Crippen molar-refractivity contribution in [2.75, 3.05) is 6.54 Å². The molecular formula is C12H24N2O. The van der Waals surface area contributed by atoms with Crippen molar-refractivity contribution < 1.29 is 4.79 Å². The first-order chi connectivity index (χ1) is 6.98. The van der Waals surface area contributed by atoms with Gasteiger partial charge in [0.15, 0.2) is 0 Å². The summed E-state index contributed by atoms with van der Waals surface area (Å²) < 4.78 is 0. The quantitative estimate of drug-likeness (QED) is 0.728. The zero-order valence-electron chi connectivity index (χ0n) is 10.2. The molecule has 0 aliphatic heterocycles. The van der Waals surface area contributed by atoms with Crippen LogP contribution in [0.15, 0.2) is 0 Å². The van der Waals surface area contributed by atoms with Gasteiger partial charge in [-0.2, -0.15) is 0 Å². The summed E-state index contributed by atoms with van der Waals surface area (Å²) >= 11 is 0. The maximum atomic E-state index is 11.5. The highest BCUT2D eigenvalue weighted by Gasteiger charge is 2.39. The Hall–Kier alpha value is -0.570. The van der Waals surface area contributed by atoms with Gasteiger partial charge in [0.1, 0.15) is 0 Å². The standard InChI is InChI=1S/C12H24N2O/c1-9(2)10(3)14-8-12(11(13)15)6-4-5-7-12/h9-10,14H,4-8H2,1-3H3,(H2,13,15). The van der Waals surface area contributed by atoms with E-state index < -0.39 is 0 Å². The van der Waals surface area contributed by atoms with Crippen LogP contribution in [0.1, 0.15) is 46.5 Å². The minimum Gasteiger partial charge on any atom is -0.369 e. The first-order valence-electron chi connectivity index (χ1n) is 6.01. The van der Waals surface area contributed by atoms with E-state index in [1.165, 1.54) is 0 Å². The van der Waals surface area contributed by atoms with Crippen LogP contribution in [-0.4, -0.2) is 18.5 Å². The molecule has 3 N–H and O–H groups in total. The van der Waals surface area contributed by atoms with Crippen LogP contribution in [-0.2, 0) is 4.79 Å². The number of carbonyl (C=O) groups excluding carboxylic acids is 1. The number of nitrogens with one attached hydrogen (secondary N) is 1. The SMILES string of the molecule is CC(C)C(C)NCC1(C(N)=O)CCCC1. The average Bonchev–Trinajstić information content (AvgIpc) is 2.63. The summed E-state index contributed by atoms with van der Waals surface area (Å²) in [7, 11) is 0. The molecule has 1 atom stereocenters. The number of nitrogens with two attached hydrogens (primary N) is 1. The lowest BCUT2D eigenvalue weighted by molar-refractivity contribution is -0.127. The molecule has 1 saturated carbocycles. The fourth-order valence-corrected chi connectivity index (χ4v) is 2.15. The summed E-state index contributed by atoms with van der Waals surface area (Å²) in [5.74, 6) is 0.472. The van der Waals surface area contributed by atoms with Gasteiger partial charge in [-0.3, -0.25) is 4.79 Å². The highest BCUT2D eigenvalue weighted by Crippen LogP contribution is 2.37. The van der Waals surface area contributed by atoms with E-state index >= 15 is 0 Å². The molecule has 0 heterocycles. The molecule has 1 fully saturated rings. The van der Waals surface area contributed by atoms with Crippen molar-refractivity contribution in [3.63, 3.8) is 0 Å². The second-order valence-electron chi connectivity index (χ2n) is 5.27. The minimum absolute atomic E-state index is 0.122. The van der Waals surface area contributed by atoms with Crippen LogP contribution in [0.4, 0.5) is 0 Å². The van der Waals surface area contributed by atoms with Gasteiger partial charge in [0, 0.05) is 12.6 Å². The summed E-state index contributed by atoms with van der Waals surface area (Å²) in [5, 5.41) is 3.45. The van der Waals surface area contributed by atoms with Gasteiger partial charge >= 0.3 is 0 Å². The van der Waals surface area contributed by atoms with Crippen molar-refractivity contribution in [1.82, 2.24) is 5.32 Å². The van der Waals surface area contributed by atoms with Gasteiger partial charge in [-0.25, -0.2) is 0 Å². The third kappa shape index (κ3) is 2.94. The first-order valence-corrected chi connectivity index (χ1v) is 6.01. The Balaban J connectivity index is 2.50. The number of rotatable bonds is 5. The fraction of sp³-hybridized carbons (Fsp3) is 0.917. The van der Waals surface area contributed by atoms with E-state index in [0.717, 1.165) is 32.2 Å². The van der Waals surface area contributed by atoms with Crippen molar-refractivity contribution in [3.05, 3.63) is 0 Å². The molecule has 0 aromatic rings. The number of hydrogen-bond acceptors (Lipinski definition) is 2. The third-order valence-electron chi connectivity index (χ3n) is 3.85. The van der Waals surface area contributed by atoms with E-state index in [1.807, 2.05) is 0 Å². The predicted octanol–water partition coefficient (Wildman–Crippen LogP) is 1.67. The second-order valence-corrected chi connectivity index (χ2v) is 5.27. The van der Waals surface area contributed by atoms with Crippen LogP contribution < -0.4 is 11.1 Å². The molecule has 1 rings (SSSR count). The van der Waals surface area contributed by atoms with E-state index in [9.17, 15) is 4.79 Å². The van der Waals surface area contributed by atoms with Gasteiger partial charge in [-0.05, 0) is 25.7 Å². The molecule has 0 spiro atoms. The summed E-state index contributed by atoms with van der Waals surface area (Å²) in [4.78, 5) is 11.5. The number of primary amides is 1. The van der Waals surface area contributed by atoms with Crippen LogP contribution in [0.2, 0.25) is 0 Å². The van der Waals surface area contributed by atoms with E-state index in [2.05, 4.69) is 26.1 Å². The summed E-state index contributed by atoms with van der Waals surface area (Å²) in [5.41, 5.74) is 5.26. The molecular weight excluding hydrogens is 188 g/mol. The molecule has 1 unspecified atom stereocenters. The Bertz CT molecular complexity index is 220. The molecule has 3 heteroatoms. The van der Waals surface area contributed by atoms with Gasteiger partial charge in [-0.1, -0.05) is 26.7 Å². The molecule has 3 nitrogen and oxygen atoms in total. The van der Waals surface area contributed by atoms with Crippen molar-refractivity contribution in [3.8, 4) is 0 Å². The highest BCUT2D eigenvalue weighted by molar-refractivity contribution is 5.81. The van der Waals surface area contributed by atoms with Crippen molar-refractivity contribution in [1.29, 1.82) is 0 Å². The Kier molecular flexibility index (Phi) is 4.14. The van der Waals surface area contributed by atoms with Crippen LogP contribution in [0.5, 0.6) is 0 Å². The van der Waals surface area contributed by atoms with Crippen LogP contribution >= 0.6 is 0 Å². The molecule has 1 aliphatic carbocycles. The maximum absolute atomic E-state index is 11.5. The van der Waals surface area contributed by atoms with Gasteiger partial charge < -0.3 is 11.1 Å². The van der Waals surface area contributed by atoms with Crippen LogP contribution in [0.25, 0.3) is 0 Å². The lowest BCUT2D eigenvalue weighted by Crippen LogP contribution is -2.46. The molecule has 1 aliphatic rings. The molecule has 0 radical (unpaired) electrons. The molecule has 0 aromatic carbocycles. The van der Waals surface area contributed by atoms with Crippen LogP contribution in [0.3, 0.4) is 0 Å². The lowest BCUT2D eigenvalue weighted by atomic mass is 9.85. The monoisotopic (exact) mass is 212 g/mol. The Morgan fingerprint density at radius 1 is 1.33 bits per heavy atom. The third-order valence-corrected chi connectivity index (χ3v) is 3.85. The van der Waals surface area contributed by atoms with Crippen molar-refractivity contribution in [2.45, 2.75) is 52.5 Å². The molecule has 0 saturated heterocycles. The molecule has 0 aromatic heterocycles. The molecule has 88 valence electrons. The molecule has 1 amide bonds. The Labute approximate surface area is 92.8 Å². The smallest absolute Gasteiger partial charge is 0.224 e. The van der Waals surface area contributed by atoms with Crippen molar-refractivity contribution >= 4 is 5.91 Å². The maximum Gasteiger partial charge on any atom is 0.224 e. The summed E-state index contributed by atoms with van der Waals surface area (Å²) in [6.07, 6.45) is 4.20. The van der Waals surface area contributed by atoms with E-state index in [-0.39, 0.29) is 11.3 Å². The number of hydrogen-bond donors (Lipinski definition) is 2. The van der Waals surface area contributed by atoms with Gasteiger partial charge in [-0.15, -0.1) is 0 Å². The van der Waals surface area contributed by atoms with Gasteiger partial charge in [0.2, 0.25) is 5.91 Å². The normalized spacial score (nSPS) is 21.9. The zero-order valence-corrected chi connectivity index (χ0v) is 10.2.